The van der Waals surface area contributed by atoms with Gasteiger partial charge >= 0.3 is 5.97 Å². The summed E-state index contributed by atoms with van der Waals surface area (Å²) < 4.78 is 6.89. The van der Waals surface area contributed by atoms with E-state index in [1.807, 2.05) is 12.3 Å². The van der Waals surface area contributed by atoms with Crippen molar-refractivity contribution < 1.29 is 14.4 Å². The van der Waals surface area contributed by atoms with Gasteiger partial charge in [-0.1, -0.05) is 5.16 Å². The van der Waals surface area contributed by atoms with Crippen LogP contribution in [0.15, 0.2) is 16.8 Å². The Morgan fingerprint density at radius 2 is 2.42 bits per heavy atom. The molecule has 1 fully saturated rings. The fourth-order valence-electron chi connectivity index (χ4n) is 3.12. The first-order valence-corrected chi connectivity index (χ1v) is 9.31. The van der Waals surface area contributed by atoms with Crippen LogP contribution in [0.5, 0.6) is 0 Å². The molecular weight excluding hydrogens is 330 g/mol. The van der Waals surface area contributed by atoms with E-state index in [9.17, 15) is 4.79 Å². The van der Waals surface area contributed by atoms with Gasteiger partial charge in [-0.2, -0.15) is 21.8 Å². The molecule has 0 bridgehead atoms. The lowest BCUT2D eigenvalue weighted by Gasteiger charge is -2.31. The number of nitrogens with zero attached hydrogens (tertiary/aromatic N) is 5. The maximum Gasteiger partial charge on any atom is 0.325 e. The standard InChI is InChI=1S/C15H21N5O3S/c1-24-10-13-17-14(23-18-13)8-19-6-2-3-11(7-19)12-4-5-16-20(12)9-15(21)22/h4-5,11H,2-3,6-10H2,1H3,(H,21,22). The van der Waals surface area contributed by atoms with Gasteiger partial charge in [0.2, 0.25) is 5.89 Å². The number of rotatable bonds is 7. The molecule has 8 nitrogen and oxygen atoms in total. The van der Waals surface area contributed by atoms with Crippen LogP contribution in [-0.2, 0) is 23.6 Å². The zero-order valence-electron chi connectivity index (χ0n) is 13.6. The molecule has 130 valence electrons. The summed E-state index contributed by atoms with van der Waals surface area (Å²) in [5.41, 5.74) is 0.982. The summed E-state index contributed by atoms with van der Waals surface area (Å²) >= 11 is 1.66. The summed E-state index contributed by atoms with van der Waals surface area (Å²) in [4.78, 5) is 17.6. The summed E-state index contributed by atoms with van der Waals surface area (Å²) in [5, 5.41) is 17.1. The van der Waals surface area contributed by atoms with Gasteiger partial charge in [-0.15, -0.1) is 0 Å². The van der Waals surface area contributed by atoms with E-state index in [4.69, 9.17) is 9.63 Å². The molecule has 3 rings (SSSR count). The molecule has 2 aromatic rings. The van der Waals surface area contributed by atoms with Crippen LogP contribution >= 0.6 is 11.8 Å². The molecule has 0 saturated carbocycles. The minimum Gasteiger partial charge on any atom is -0.480 e. The number of piperidine rings is 1. The molecule has 1 N–H and O–H groups in total. The van der Waals surface area contributed by atoms with Crippen molar-refractivity contribution in [3.8, 4) is 0 Å². The number of thioether (sulfide) groups is 1. The molecule has 1 saturated heterocycles. The van der Waals surface area contributed by atoms with Crippen LogP contribution in [0.4, 0.5) is 0 Å². The molecule has 0 aliphatic carbocycles. The van der Waals surface area contributed by atoms with Crippen molar-refractivity contribution in [1.29, 1.82) is 0 Å². The average Bonchev–Trinajstić information content (AvgIpc) is 3.17. The minimum atomic E-state index is -0.875. The van der Waals surface area contributed by atoms with Crippen LogP contribution in [0.25, 0.3) is 0 Å². The van der Waals surface area contributed by atoms with Crippen LogP contribution in [0, 0.1) is 0 Å². The lowest BCUT2D eigenvalue weighted by Crippen LogP contribution is -2.35. The molecule has 1 aliphatic rings. The van der Waals surface area contributed by atoms with Gasteiger partial charge in [-0.25, -0.2) is 0 Å². The Hall–Kier alpha value is -1.87. The Kier molecular flexibility index (Phi) is 5.52. The van der Waals surface area contributed by atoms with E-state index in [0.29, 0.717) is 12.4 Å². The molecule has 9 heteroatoms. The zero-order valence-corrected chi connectivity index (χ0v) is 14.4. The maximum atomic E-state index is 11.0. The quantitative estimate of drug-likeness (QED) is 0.803. The highest BCUT2D eigenvalue weighted by molar-refractivity contribution is 7.97. The Morgan fingerprint density at radius 1 is 1.54 bits per heavy atom. The lowest BCUT2D eigenvalue weighted by molar-refractivity contribution is -0.137. The van der Waals surface area contributed by atoms with Gasteiger partial charge < -0.3 is 9.63 Å². The number of carboxylic acids is 1. The highest BCUT2D eigenvalue weighted by Gasteiger charge is 2.25. The molecule has 1 atom stereocenters. The Morgan fingerprint density at radius 3 is 3.21 bits per heavy atom. The normalized spacial score (nSPS) is 18.8. The first-order valence-electron chi connectivity index (χ1n) is 7.92. The van der Waals surface area contributed by atoms with Crippen molar-refractivity contribution in [1.82, 2.24) is 24.8 Å². The molecule has 1 aliphatic heterocycles. The van der Waals surface area contributed by atoms with Gasteiger partial charge in [-0.05, 0) is 31.7 Å². The van der Waals surface area contributed by atoms with Gasteiger partial charge in [0, 0.05) is 24.4 Å². The number of likely N-dealkylation sites (tertiary alicyclic amines) is 1. The monoisotopic (exact) mass is 351 g/mol. The van der Waals surface area contributed by atoms with Crippen molar-refractivity contribution in [2.45, 2.75) is 37.6 Å². The first-order chi connectivity index (χ1) is 11.7. The molecule has 3 heterocycles. The van der Waals surface area contributed by atoms with Crippen LogP contribution in [0.3, 0.4) is 0 Å². The number of carbonyl (C=O) groups is 1. The average molecular weight is 351 g/mol. The third-order valence-electron chi connectivity index (χ3n) is 4.10. The van der Waals surface area contributed by atoms with Crippen molar-refractivity contribution >= 4 is 17.7 Å². The second kappa shape index (κ2) is 7.80. The number of aromatic nitrogens is 4. The highest BCUT2D eigenvalue weighted by Crippen LogP contribution is 2.27. The maximum absolute atomic E-state index is 11.0. The van der Waals surface area contributed by atoms with E-state index in [0.717, 1.165) is 43.2 Å². The highest BCUT2D eigenvalue weighted by atomic mass is 32.2. The minimum absolute atomic E-state index is 0.0967. The summed E-state index contributed by atoms with van der Waals surface area (Å²) in [6.45, 7) is 2.35. The number of hydrogen-bond donors (Lipinski definition) is 1. The van der Waals surface area contributed by atoms with Gasteiger partial charge in [0.1, 0.15) is 6.54 Å². The molecule has 0 amide bonds. The van der Waals surface area contributed by atoms with Crippen LogP contribution in [0.2, 0.25) is 0 Å². The topological polar surface area (TPSA) is 97.3 Å². The summed E-state index contributed by atoms with van der Waals surface area (Å²) in [5.74, 6) is 1.51. The van der Waals surface area contributed by atoms with Crippen molar-refractivity contribution in [3.63, 3.8) is 0 Å². The Bertz CT molecular complexity index is 686. The van der Waals surface area contributed by atoms with Crippen LogP contribution < -0.4 is 0 Å². The van der Waals surface area contributed by atoms with Crippen molar-refractivity contribution in [2.24, 2.45) is 0 Å². The molecule has 1 unspecified atom stereocenters. The Balaban J connectivity index is 1.63. The van der Waals surface area contributed by atoms with Crippen LogP contribution in [-0.4, -0.2) is 55.2 Å². The SMILES string of the molecule is CSCc1noc(CN2CCCC(c3ccnn3CC(=O)O)C2)n1. The molecule has 0 radical (unpaired) electrons. The molecule has 24 heavy (non-hydrogen) atoms. The van der Waals surface area contributed by atoms with Crippen molar-refractivity contribution in [2.75, 3.05) is 19.3 Å². The van der Waals surface area contributed by atoms with E-state index in [-0.39, 0.29) is 12.5 Å². The van der Waals surface area contributed by atoms with E-state index in [1.165, 1.54) is 0 Å². The number of hydrogen-bond acceptors (Lipinski definition) is 7. The largest absolute Gasteiger partial charge is 0.480 e. The molecular formula is C15H21N5O3S. The third kappa shape index (κ3) is 4.15. The predicted octanol–water partition coefficient (Wildman–Crippen LogP) is 1.59. The van der Waals surface area contributed by atoms with Gasteiger partial charge in [0.05, 0.1) is 12.3 Å². The molecule has 0 aromatic carbocycles. The Labute approximate surface area is 144 Å². The van der Waals surface area contributed by atoms with Crippen molar-refractivity contribution in [3.05, 3.63) is 29.7 Å². The second-order valence-corrected chi connectivity index (χ2v) is 6.79. The predicted molar refractivity (Wildman–Crippen MR) is 88.6 cm³/mol. The van der Waals surface area contributed by atoms with E-state index < -0.39 is 5.97 Å². The van der Waals surface area contributed by atoms with E-state index in [2.05, 4.69) is 20.1 Å². The summed E-state index contributed by atoms with van der Waals surface area (Å²) in [6.07, 6.45) is 5.76. The smallest absolute Gasteiger partial charge is 0.325 e. The molecule has 2 aromatic heterocycles. The summed E-state index contributed by atoms with van der Waals surface area (Å²) in [7, 11) is 0. The third-order valence-corrected chi connectivity index (χ3v) is 4.65. The van der Waals surface area contributed by atoms with Gasteiger partial charge in [0.15, 0.2) is 5.82 Å². The van der Waals surface area contributed by atoms with Gasteiger partial charge in [0.25, 0.3) is 0 Å². The second-order valence-electron chi connectivity index (χ2n) is 5.92. The molecule has 0 spiro atoms. The lowest BCUT2D eigenvalue weighted by atomic mass is 9.94. The fourth-order valence-corrected chi connectivity index (χ4v) is 3.50. The van der Waals surface area contributed by atoms with Crippen LogP contribution in [0.1, 0.15) is 36.2 Å². The van der Waals surface area contributed by atoms with E-state index >= 15 is 0 Å². The summed E-state index contributed by atoms with van der Waals surface area (Å²) in [6, 6.07) is 1.92. The first kappa shape index (κ1) is 17.0. The number of carboxylic acid groups (broad SMARTS) is 1. The van der Waals surface area contributed by atoms with E-state index in [1.54, 1.807) is 22.6 Å². The number of aliphatic carboxylic acids is 1. The fraction of sp³-hybridized carbons (Fsp3) is 0.600. The zero-order chi connectivity index (χ0) is 16.9. The van der Waals surface area contributed by atoms with Gasteiger partial charge in [-0.3, -0.25) is 14.4 Å².